The fourth-order valence-corrected chi connectivity index (χ4v) is 1.78. The van der Waals surface area contributed by atoms with Gasteiger partial charge >= 0.3 is 0 Å². The van der Waals surface area contributed by atoms with Crippen molar-refractivity contribution in [2.45, 2.75) is 0 Å². The van der Waals surface area contributed by atoms with Crippen LogP contribution in [0.1, 0.15) is 10.4 Å². The molecule has 1 amide bonds. The van der Waals surface area contributed by atoms with Crippen LogP contribution in [0.15, 0.2) is 24.3 Å². The van der Waals surface area contributed by atoms with Crippen LogP contribution >= 0.6 is 23.2 Å². The fraction of sp³-hybridized carbons (Fsp3) is 0. The Balaban J connectivity index is 2.25. The quantitative estimate of drug-likeness (QED) is 0.585. The lowest BCUT2D eigenvalue weighted by Crippen LogP contribution is -2.13. The molecule has 0 bridgehead atoms. The maximum absolute atomic E-state index is 11.9. The molecule has 19 heavy (non-hydrogen) atoms. The van der Waals surface area contributed by atoms with Crippen LogP contribution in [0.2, 0.25) is 10.4 Å². The number of hydrogen-bond donors (Lipinski definition) is 3. The number of benzene rings is 1. The summed E-state index contributed by atoms with van der Waals surface area (Å²) in [5.74, 6) is -0.942. The molecule has 0 saturated carbocycles. The van der Waals surface area contributed by atoms with Crippen LogP contribution in [-0.2, 0) is 0 Å². The van der Waals surface area contributed by atoms with Gasteiger partial charge in [0.2, 0.25) is 5.28 Å². The van der Waals surface area contributed by atoms with Gasteiger partial charge in [-0.3, -0.25) is 4.79 Å². The van der Waals surface area contributed by atoms with E-state index in [1.54, 1.807) is 0 Å². The molecular weight excluding hydrogens is 293 g/mol. The lowest BCUT2D eigenvalue weighted by Gasteiger charge is -2.06. The normalized spacial score (nSPS) is 10.2. The van der Waals surface area contributed by atoms with Gasteiger partial charge < -0.3 is 15.5 Å². The summed E-state index contributed by atoms with van der Waals surface area (Å²) in [5.41, 5.74) is 0.0587. The van der Waals surface area contributed by atoms with E-state index in [-0.39, 0.29) is 33.3 Å². The number of hydrogen-bond acceptors (Lipinski definition) is 5. The summed E-state index contributed by atoms with van der Waals surface area (Å²) < 4.78 is 0. The average molecular weight is 300 g/mol. The number of carbonyl (C=O) groups is 1. The molecule has 3 N–H and O–H groups in total. The highest BCUT2D eigenvalue weighted by Gasteiger charge is 2.11. The summed E-state index contributed by atoms with van der Waals surface area (Å²) in [6.07, 6.45) is 0. The van der Waals surface area contributed by atoms with Crippen LogP contribution in [0.3, 0.4) is 0 Å². The second kappa shape index (κ2) is 5.29. The number of amides is 1. The molecule has 1 aromatic carbocycles. The molecule has 0 unspecified atom stereocenters. The number of aromatic hydroxyl groups is 2. The molecule has 1 aromatic heterocycles. The molecule has 8 heteroatoms. The zero-order chi connectivity index (χ0) is 14.0. The number of aromatic nitrogens is 2. The van der Waals surface area contributed by atoms with E-state index in [9.17, 15) is 15.0 Å². The number of rotatable bonds is 2. The van der Waals surface area contributed by atoms with Crippen molar-refractivity contribution in [3.8, 4) is 11.5 Å². The van der Waals surface area contributed by atoms with Crippen LogP contribution in [0.5, 0.6) is 11.5 Å². The maximum atomic E-state index is 11.9. The summed E-state index contributed by atoms with van der Waals surface area (Å²) >= 11 is 11.3. The van der Waals surface area contributed by atoms with Gasteiger partial charge in [0.05, 0.1) is 0 Å². The number of anilines is 1. The van der Waals surface area contributed by atoms with Crippen molar-refractivity contribution in [2.75, 3.05) is 5.32 Å². The van der Waals surface area contributed by atoms with Gasteiger partial charge in [0, 0.05) is 17.7 Å². The Bertz CT molecular complexity index is 609. The van der Waals surface area contributed by atoms with Crippen LogP contribution in [0.25, 0.3) is 0 Å². The summed E-state index contributed by atoms with van der Waals surface area (Å²) in [7, 11) is 0. The molecule has 0 aliphatic carbocycles. The highest BCUT2D eigenvalue weighted by atomic mass is 35.5. The standard InChI is InChI=1S/C11H7Cl2N3O3/c12-8-4-9(16-11(13)14-8)15-10(19)5-1-6(17)3-7(18)2-5/h1-4,17-18H,(H,14,15,16,19). The van der Waals surface area contributed by atoms with E-state index >= 15 is 0 Å². The van der Waals surface area contributed by atoms with Crippen LogP contribution in [-0.4, -0.2) is 26.1 Å². The Hall–Kier alpha value is -2.05. The number of nitrogens with zero attached hydrogens (tertiary/aromatic N) is 2. The Morgan fingerprint density at radius 2 is 1.68 bits per heavy atom. The van der Waals surface area contributed by atoms with E-state index < -0.39 is 5.91 Å². The molecule has 0 aliphatic heterocycles. The van der Waals surface area contributed by atoms with Gasteiger partial charge in [-0.2, -0.15) is 0 Å². The van der Waals surface area contributed by atoms with Gasteiger partial charge in [-0.1, -0.05) is 11.6 Å². The molecule has 0 aliphatic rings. The molecule has 0 saturated heterocycles. The molecule has 0 spiro atoms. The van der Waals surface area contributed by atoms with Gasteiger partial charge in [0.1, 0.15) is 22.5 Å². The smallest absolute Gasteiger partial charge is 0.257 e. The Labute approximate surface area is 117 Å². The van der Waals surface area contributed by atoms with Crippen molar-refractivity contribution in [1.82, 2.24) is 9.97 Å². The van der Waals surface area contributed by atoms with E-state index in [4.69, 9.17) is 23.2 Å². The zero-order valence-corrected chi connectivity index (χ0v) is 10.8. The van der Waals surface area contributed by atoms with Gasteiger partial charge in [-0.05, 0) is 23.7 Å². The first kappa shape index (κ1) is 13.4. The molecule has 6 nitrogen and oxygen atoms in total. The van der Waals surface area contributed by atoms with Crippen LogP contribution < -0.4 is 5.32 Å². The number of nitrogens with one attached hydrogen (secondary N) is 1. The van der Waals surface area contributed by atoms with Crippen molar-refractivity contribution in [1.29, 1.82) is 0 Å². The van der Waals surface area contributed by atoms with Gasteiger partial charge in [0.15, 0.2) is 0 Å². The number of carbonyl (C=O) groups excluding carboxylic acids is 1. The van der Waals surface area contributed by atoms with Gasteiger partial charge in [0.25, 0.3) is 5.91 Å². The summed E-state index contributed by atoms with van der Waals surface area (Å²) in [5, 5.41) is 21.0. The second-order valence-corrected chi connectivity index (χ2v) is 4.26. The molecule has 1 heterocycles. The Morgan fingerprint density at radius 1 is 1.05 bits per heavy atom. The first-order valence-corrected chi connectivity index (χ1v) is 5.74. The first-order valence-electron chi connectivity index (χ1n) is 4.98. The predicted octanol–water partition coefficient (Wildman–Crippen LogP) is 2.45. The molecular formula is C11H7Cl2N3O3. The predicted molar refractivity (Wildman–Crippen MR) is 69.8 cm³/mol. The number of phenolic OH excluding ortho intramolecular Hbond substituents is 2. The van der Waals surface area contributed by atoms with Crippen molar-refractivity contribution in [3.63, 3.8) is 0 Å². The lowest BCUT2D eigenvalue weighted by molar-refractivity contribution is 0.102. The van der Waals surface area contributed by atoms with E-state index in [0.717, 1.165) is 6.07 Å². The number of halogens is 2. The van der Waals surface area contributed by atoms with E-state index in [1.165, 1.54) is 18.2 Å². The largest absolute Gasteiger partial charge is 0.508 e. The minimum Gasteiger partial charge on any atom is -0.508 e. The van der Waals surface area contributed by atoms with Gasteiger partial charge in [-0.15, -0.1) is 0 Å². The lowest BCUT2D eigenvalue weighted by atomic mass is 10.2. The topological polar surface area (TPSA) is 95.3 Å². The summed E-state index contributed by atoms with van der Waals surface area (Å²) in [4.78, 5) is 19.2. The molecule has 98 valence electrons. The van der Waals surface area contributed by atoms with Crippen LogP contribution in [0.4, 0.5) is 5.82 Å². The SMILES string of the molecule is O=C(Nc1cc(Cl)nc(Cl)n1)c1cc(O)cc(O)c1. The van der Waals surface area contributed by atoms with E-state index in [0.29, 0.717) is 0 Å². The van der Waals surface area contributed by atoms with Crippen molar-refractivity contribution >= 4 is 34.9 Å². The highest BCUT2D eigenvalue weighted by molar-refractivity contribution is 6.32. The second-order valence-electron chi connectivity index (χ2n) is 3.54. The zero-order valence-electron chi connectivity index (χ0n) is 9.26. The van der Waals surface area contributed by atoms with Crippen molar-refractivity contribution in [2.24, 2.45) is 0 Å². The first-order chi connectivity index (χ1) is 8.94. The van der Waals surface area contributed by atoms with Crippen molar-refractivity contribution < 1.29 is 15.0 Å². The third-order valence-electron chi connectivity index (χ3n) is 2.07. The third-order valence-corrected chi connectivity index (χ3v) is 2.44. The monoisotopic (exact) mass is 299 g/mol. The Kier molecular flexibility index (Phi) is 3.73. The van der Waals surface area contributed by atoms with Crippen LogP contribution in [0, 0.1) is 0 Å². The van der Waals surface area contributed by atoms with E-state index in [2.05, 4.69) is 15.3 Å². The molecule has 0 atom stereocenters. The minimum atomic E-state index is -0.586. The Morgan fingerprint density at radius 3 is 2.26 bits per heavy atom. The molecule has 0 radical (unpaired) electrons. The van der Waals surface area contributed by atoms with E-state index in [1.807, 2.05) is 0 Å². The third kappa shape index (κ3) is 3.46. The summed E-state index contributed by atoms with van der Waals surface area (Å²) in [6.45, 7) is 0. The summed E-state index contributed by atoms with van der Waals surface area (Å²) in [6, 6.07) is 4.81. The minimum absolute atomic E-state index is 0.0587. The molecule has 0 fully saturated rings. The van der Waals surface area contributed by atoms with Gasteiger partial charge in [-0.25, -0.2) is 9.97 Å². The maximum Gasteiger partial charge on any atom is 0.257 e. The molecule has 2 rings (SSSR count). The molecule has 2 aromatic rings. The number of phenols is 2. The fourth-order valence-electron chi connectivity index (χ4n) is 1.37. The van der Waals surface area contributed by atoms with Crippen molar-refractivity contribution in [3.05, 3.63) is 40.3 Å². The highest BCUT2D eigenvalue weighted by Crippen LogP contribution is 2.21. The average Bonchev–Trinajstić information content (AvgIpc) is 2.25.